The molecule has 31 heavy (non-hydrogen) atoms. The van der Waals surface area contributed by atoms with Gasteiger partial charge in [-0.1, -0.05) is 47.5 Å². The summed E-state index contributed by atoms with van der Waals surface area (Å²) in [6.45, 7) is 0.315. The van der Waals surface area contributed by atoms with Gasteiger partial charge in [-0.05, 0) is 75.7 Å². The van der Waals surface area contributed by atoms with Crippen molar-refractivity contribution in [2.45, 2.75) is 11.8 Å². The van der Waals surface area contributed by atoms with Gasteiger partial charge in [0.25, 0.3) is 0 Å². The average molecular weight is 531 g/mol. The largest absolute Gasteiger partial charge is 0.488 e. The van der Waals surface area contributed by atoms with Gasteiger partial charge in [-0.3, -0.25) is 0 Å². The van der Waals surface area contributed by atoms with Gasteiger partial charge in [0.2, 0.25) is 0 Å². The fraction of sp³-hybridized carbons (Fsp3) is 0.0435. The second-order valence-electron chi connectivity index (χ2n) is 6.50. The summed E-state index contributed by atoms with van der Waals surface area (Å²) in [5.41, 5.74) is 3.51. The summed E-state index contributed by atoms with van der Waals surface area (Å²) >= 11 is 17.0. The SMILES string of the molecule is N#C/C(=C\c1ccc(OCc2ccc(Cl)cc2Cl)c(Br)c1)Sc1nc2ccccc2[nH]1. The third-order valence-electron chi connectivity index (χ3n) is 4.34. The van der Waals surface area contributed by atoms with E-state index in [4.69, 9.17) is 27.9 Å². The van der Waals surface area contributed by atoms with E-state index < -0.39 is 0 Å². The molecule has 0 aliphatic rings. The molecule has 0 unspecified atom stereocenters. The number of imidazole rings is 1. The molecule has 0 aliphatic heterocycles. The van der Waals surface area contributed by atoms with E-state index in [1.165, 1.54) is 11.8 Å². The number of aromatic nitrogens is 2. The van der Waals surface area contributed by atoms with Crippen LogP contribution >= 0.6 is 50.9 Å². The van der Waals surface area contributed by atoms with E-state index in [9.17, 15) is 5.26 Å². The maximum absolute atomic E-state index is 9.56. The van der Waals surface area contributed by atoms with E-state index in [-0.39, 0.29) is 0 Å². The highest BCUT2D eigenvalue weighted by Gasteiger charge is 2.09. The van der Waals surface area contributed by atoms with E-state index >= 15 is 0 Å². The van der Waals surface area contributed by atoms with Gasteiger partial charge in [0.05, 0.1) is 20.4 Å². The van der Waals surface area contributed by atoms with Crippen LogP contribution in [0.2, 0.25) is 10.0 Å². The highest BCUT2D eigenvalue weighted by Crippen LogP contribution is 2.31. The minimum atomic E-state index is 0.315. The van der Waals surface area contributed by atoms with Crippen LogP contribution in [0.4, 0.5) is 0 Å². The van der Waals surface area contributed by atoms with Crippen LogP contribution in [0.25, 0.3) is 17.1 Å². The first-order valence-electron chi connectivity index (χ1n) is 9.12. The highest BCUT2D eigenvalue weighted by molar-refractivity contribution is 9.10. The van der Waals surface area contributed by atoms with Crippen molar-refractivity contribution >= 4 is 68.0 Å². The lowest BCUT2D eigenvalue weighted by Crippen LogP contribution is -1.97. The quantitative estimate of drug-likeness (QED) is 0.203. The van der Waals surface area contributed by atoms with Crippen molar-refractivity contribution in [1.29, 1.82) is 5.26 Å². The molecule has 1 aromatic heterocycles. The predicted octanol–water partition coefficient (Wildman–Crippen LogP) is 7.87. The minimum absolute atomic E-state index is 0.315. The number of nitriles is 1. The summed E-state index contributed by atoms with van der Waals surface area (Å²) in [6.07, 6.45) is 1.81. The molecule has 1 N–H and O–H groups in total. The van der Waals surface area contributed by atoms with Crippen molar-refractivity contribution < 1.29 is 4.74 Å². The Morgan fingerprint density at radius 2 is 2.00 bits per heavy atom. The van der Waals surface area contributed by atoms with Crippen LogP contribution in [-0.4, -0.2) is 9.97 Å². The zero-order valence-corrected chi connectivity index (χ0v) is 19.8. The Labute approximate surface area is 202 Å². The van der Waals surface area contributed by atoms with Crippen LogP contribution in [-0.2, 0) is 6.61 Å². The van der Waals surface area contributed by atoms with Crippen molar-refractivity contribution in [3.63, 3.8) is 0 Å². The Morgan fingerprint density at radius 1 is 1.16 bits per heavy atom. The van der Waals surface area contributed by atoms with Gasteiger partial charge in [0, 0.05) is 15.6 Å². The van der Waals surface area contributed by atoms with Crippen molar-refractivity contribution in [1.82, 2.24) is 9.97 Å². The number of nitrogens with one attached hydrogen (secondary N) is 1. The third kappa shape index (κ3) is 5.44. The van der Waals surface area contributed by atoms with Gasteiger partial charge in [-0.15, -0.1) is 0 Å². The number of aromatic amines is 1. The standard InChI is InChI=1S/C23H14BrCl2N3OS/c24-18-10-14(5-8-22(18)30-13-15-6-7-16(25)11-19(15)26)9-17(12-27)31-23-28-20-3-1-2-4-21(20)29-23/h1-11H,13H2,(H,28,29)/b17-9+. The zero-order chi connectivity index (χ0) is 21.8. The summed E-state index contributed by atoms with van der Waals surface area (Å²) in [4.78, 5) is 8.25. The van der Waals surface area contributed by atoms with E-state index in [0.29, 0.717) is 32.5 Å². The van der Waals surface area contributed by atoms with Gasteiger partial charge in [-0.2, -0.15) is 5.26 Å². The average Bonchev–Trinajstić information content (AvgIpc) is 3.16. The van der Waals surface area contributed by atoms with Gasteiger partial charge in [0.15, 0.2) is 5.16 Å². The Hall–Kier alpha value is -2.43. The molecule has 4 aromatic rings. The Balaban J connectivity index is 1.48. The number of hydrogen-bond donors (Lipinski definition) is 1. The molecular weight excluding hydrogens is 517 g/mol. The fourth-order valence-electron chi connectivity index (χ4n) is 2.84. The first-order valence-corrected chi connectivity index (χ1v) is 11.5. The second-order valence-corrected chi connectivity index (χ2v) is 9.22. The molecule has 0 atom stereocenters. The lowest BCUT2D eigenvalue weighted by atomic mass is 10.2. The molecule has 154 valence electrons. The number of benzene rings is 3. The van der Waals surface area contributed by atoms with Crippen molar-refractivity contribution in [3.8, 4) is 11.8 Å². The van der Waals surface area contributed by atoms with E-state index in [1.54, 1.807) is 12.1 Å². The smallest absolute Gasteiger partial charge is 0.171 e. The summed E-state index contributed by atoms with van der Waals surface area (Å²) in [5, 5.41) is 11.4. The molecule has 3 aromatic carbocycles. The van der Waals surface area contributed by atoms with Crippen LogP contribution in [0.15, 0.2) is 75.2 Å². The Morgan fingerprint density at radius 3 is 2.74 bits per heavy atom. The number of halogens is 3. The first kappa shape index (κ1) is 21.8. The number of hydrogen-bond acceptors (Lipinski definition) is 4. The predicted molar refractivity (Wildman–Crippen MR) is 130 cm³/mol. The molecule has 1 heterocycles. The van der Waals surface area contributed by atoms with E-state index in [2.05, 4.69) is 32.0 Å². The van der Waals surface area contributed by atoms with Crippen LogP contribution in [0.5, 0.6) is 5.75 Å². The molecule has 0 saturated heterocycles. The van der Waals surface area contributed by atoms with Crippen LogP contribution in [0, 0.1) is 11.3 Å². The normalized spacial score (nSPS) is 11.5. The molecule has 0 fully saturated rings. The molecule has 0 radical (unpaired) electrons. The number of fused-ring (bicyclic) bond motifs is 1. The van der Waals surface area contributed by atoms with Crippen LogP contribution < -0.4 is 4.74 Å². The first-order chi connectivity index (χ1) is 15.0. The lowest BCUT2D eigenvalue weighted by molar-refractivity contribution is 0.304. The Kier molecular flexibility index (Phi) is 6.89. The third-order valence-corrected chi connectivity index (χ3v) is 6.36. The van der Waals surface area contributed by atoms with Gasteiger partial charge in [0.1, 0.15) is 18.4 Å². The number of H-pyrrole nitrogens is 1. The van der Waals surface area contributed by atoms with Crippen LogP contribution in [0.3, 0.4) is 0 Å². The second kappa shape index (κ2) is 9.80. The zero-order valence-electron chi connectivity index (χ0n) is 15.9. The summed E-state index contributed by atoms with van der Waals surface area (Å²) in [6, 6.07) is 20.9. The topological polar surface area (TPSA) is 61.7 Å². The molecule has 8 heteroatoms. The van der Waals surface area contributed by atoms with Gasteiger partial charge < -0.3 is 9.72 Å². The fourth-order valence-corrected chi connectivity index (χ4v) is 4.56. The molecule has 0 spiro atoms. The van der Waals surface area contributed by atoms with Crippen LogP contribution in [0.1, 0.15) is 11.1 Å². The molecular formula is C23H14BrCl2N3OS. The van der Waals surface area contributed by atoms with E-state index in [0.717, 1.165) is 26.6 Å². The van der Waals surface area contributed by atoms with Crippen molar-refractivity contribution in [3.05, 3.63) is 91.2 Å². The van der Waals surface area contributed by atoms with Gasteiger partial charge >= 0.3 is 0 Å². The summed E-state index contributed by atoms with van der Waals surface area (Å²) in [7, 11) is 0. The molecule has 0 bridgehead atoms. The summed E-state index contributed by atoms with van der Waals surface area (Å²) < 4.78 is 6.65. The maximum atomic E-state index is 9.56. The minimum Gasteiger partial charge on any atom is -0.488 e. The highest BCUT2D eigenvalue weighted by atomic mass is 79.9. The van der Waals surface area contributed by atoms with E-state index in [1.807, 2.05) is 54.6 Å². The molecule has 0 aliphatic carbocycles. The number of thioether (sulfide) groups is 1. The molecule has 0 amide bonds. The van der Waals surface area contributed by atoms with Crippen molar-refractivity contribution in [2.75, 3.05) is 0 Å². The molecule has 0 saturated carbocycles. The summed E-state index contributed by atoms with van der Waals surface area (Å²) in [5.74, 6) is 0.673. The number of ether oxygens (including phenoxy) is 1. The Bertz CT molecular complexity index is 1300. The number of nitrogens with zero attached hydrogens (tertiary/aromatic N) is 2. The molecule has 4 nitrogen and oxygen atoms in total. The van der Waals surface area contributed by atoms with Crippen molar-refractivity contribution in [2.24, 2.45) is 0 Å². The maximum Gasteiger partial charge on any atom is 0.171 e. The lowest BCUT2D eigenvalue weighted by Gasteiger charge is -2.10. The monoisotopic (exact) mass is 529 g/mol. The van der Waals surface area contributed by atoms with Gasteiger partial charge in [-0.25, -0.2) is 4.98 Å². The number of rotatable bonds is 6. The molecule has 4 rings (SSSR count). The number of allylic oxidation sites excluding steroid dienone is 1. The number of para-hydroxylation sites is 2.